The van der Waals surface area contributed by atoms with Gasteiger partial charge in [0.1, 0.15) is 11.6 Å². The van der Waals surface area contributed by atoms with Gasteiger partial charge in [0.15, 0.2) is 0 Å². The van der Waals surface area contributed by atoms with E-state index in [9.17, 15) is 14.0 Å². The Morgan fingerprint density at radius 1 is 0.968 bits per heavy atom. The van der Waals surface area contributed by atoms with Gasteiger partial charge in [-0.2, -0.15) is 5.10 Å². The maximum Gasteiger partial charge on any atom is 0.275 e. The summed E-state index contributed by atoms with van der Waals surface area (Å²) >= 11 is 5.96. The van der Waals surface area contributed by atoms with Crippen LogP contribution in [0, 0.1) is 5.82 Å². The second-order valence-corrected chi connectivity index (χ2v) is 6.96. The van der Waals surface area contributed by atoms with Crippen LogP contribution >= 0.6 is 11.6 Å². The van der Waals surface area contributed by atoms with Gasteiger partial charge in [-0.05, 0) is 67.1 Å². The van der Waals surface area contributed by atoms with Crippen molar-refractivity contribution in [1.29, 1.82) is 0 Å². The number of nitrogens with zero attached hydrogens (tertiary/aromatic N) is 1. The number of anilines is 1. The molecular formula is C23H19ClFN3O3. The molecule has 0 bridgehead atoms. The van der Waals surface area contributed by atoms with E-state index < -0.39 is 11.7 Å². The summed E-state index contributed by atoms with van der Waals surface area (Å²) in [7, 11) is 1.46. The van der Waals surface area contributed by atoms with Crippen molar-refractivity contribution in [2.75, 3.05) is 12.4 Å². The van der Waals surface area contributed by atoms with Crippen LogP contribution < -0.4 is 15.5 Å². The number of methoxy groups -OCH3 is 1. The summed E-state index contributed by atoms with van der Waals surface area (Å²) in [6, 6.07) is 16.9. The summed E-state index contributed by atoms with van der Waals surface area (Å²) in [5.74, 6) is -0.879. The lowest BCUT2D eigenvalue weighted by molar-refractivity contribution is 0.0951. The zero-order valence-corrected chi connectivity index (χ0v) is 17.5. The zero-order valence-electron chi connectivity index (χ0n) is 16.8. The number of halogens is 2. The second kappa shape index (κ2) is 9.86. The Labute approximate surface area is 183 Å². The largest absolute Gasteiger partial charge is 0.496 e. The van der Waals surface area contributed by atoms with Crippen LogP contribution in [0.15, 0.2) is 71.8 Å². The average molecular weight is 440 g/mol. The third-order valence-electron chi connectivity index (χ3n) is 4.38. The van der Waals surface area contributed by atoms with E-state index in [2.05, 4.69) is 15.8 Å². The van der Waals surface area contributed by atoms with E-state index in [1.54, 1.807) is 43.3 Å². The third kappa shape index (κ3) is 5.67. The van der Waals surface area contributed by atoms with E-state index in [0.29, 0.717) is 33.3 Å². The maximum absolute atomic E-state index is 13.0. The first-order valence-corrected chi connectivity index (χ1v) is 9.60. The van der Waals surface area contributed by atoms with Gasteiger partial charge < -0.3 is 10.1 Å². The highest BCUT2D eigenvalue weighted by molar-refractivity contribution is 6.31. The van der Waals surface area contributed by atoms with E-state index in [1.807, 2.05) is 0 Å². The van der Waals surface area contributed by atoms with E-state index >= 15 is 0 Å². The standard InChI is InChI=1S/C23H19ClFN3O3/c1-14(27-28-23(30)20-13-17(24)8-11-21(20)31-2)16-4-3-5-19(12-16)26-22(29)15-6-9-18(25)10-7-15/h3-13H,1-2H3,(H,26,29)(H,28,30)/b27-14-. The topological polar surface area (TPSA) is 79.8 Å². The van der Waals surface area contributed by atoms with E-state index in [1.165, 1.54) is 37.4 Å². The van der Waals surface area contributed by atoms with Gasteiger partial charge in [-0.25, -0.2) is 9.82 Å². The summed E-state index contributed by atoms with van der Waals surface area (Å²) in [6.07, 6.45) is 0. The lowest BCUT2D eigenvalue weighted by atomic mass is 10.1. The number of hydrogen-bond acceptors (Lipinski definition) is 4. The van der Waals surface area contributed by atoms with Gasteiger partial charge in [0, 0.05) is 16.3 Å². The number of nitrogens with one attached hydrogen (secondary N) is 2. The molecule has 3 aromatic carbocycles. The van der Waals surface area contributed by atoms with Crippen LogP contribution in [-0.2, 0) is 0 Å². The van der Waals surface area contributed by atoms with Crippen LogP contribution in [0.5, 0.6) is 5.75 Å². The average Bonchev–Trinajstić information content (AvgIpc) is 2.77. The molecule has 0 fully saturated rings. The zero-order chi connectivity index (χ0) is 22.4. The Balaban J connectivity index is 1.72. The Bertz CT molecular complexity index is 1150. The van der Waals surface area contributed by atoms with Gasteiger partial charge in [-0.15, -0.1) is 0 Å². The molecule has 0 atom stereocenters. The van der Waals surface area contributed by atoms with Crippen molar-refractivity contribution in [1.82, 2.24) is 5.43 Å². The summed E-state index contributed by atoms with van der Waals surface area (Å²) in [6.45, 7) is 1.72. The Kier molecular flexibility index (Phi) is 6.99. The van der Waals surface area contributed by atoms with Crippen LogP contribution in [0.3, 0.4) is 0 Å². The maximum atomic E-state index is 13.0. The number of rotatable bonds is 6. The molecule has 0 aliphatic rings. The summed E-state index contributed by atoms with van der Waals surface area (Å²) < 4.78 is 18.2. The van der Waals surface area contributed by atoms with Gasteiger partial charge in [0.05, 0.1) is 18.4 Å². The molecule has 6 nitrogen and oxygen atoms in total. The number of amides is 2. The Hall–Kier alpha value is -3.71. The number of ether oxygens (including phenoxy) is 1. The SMILES string of the molecule is COc1ccc(Cl)cc1C(=O)N/N=C(/C)c1cccc(NC(=O)c2ccc(F)cc2)c1. The molecule has 0 aromatic heterocycles. The van der Waals surface area contributed by atoms with Crippen molar-refractivity contribution in [2.24, 2.45) is 5.10 Å². The number of benzene rings is 3. The van der Waals surface area contributed by atoms with Crippen LogP contribution in [0.2, 0.25) is 5.02 Å². The molecule has 0 spiro atoms. The molecule has 0 heterocycles. The fourth-order valence-corrected chi connectivity index (χ4v) is 2.92. The predicted octanol–water partition coefficient (Wildman–Crippen LogP) is 4.89. The van der Waals surface area contributed by atoms with Gasteiger partial charge in [-0.1, -0.05) is 23.7 Å². The molecule has 0 aliphatic carbocycles. The third-order valence-corrected chi connectivity index (χ3v) is 4.61. The van der Waals surface area contributed by atoms with E-state index in [-0.39, 0.29) is 11.5 Å². The lowest BCUT2D eigenvalue weighted by Gasteiger charge is -2.09. The lowest BCUT2D eigenvalue weighted by Crippen LogP contribution is -2.20. The fourth-order valence-electron chi connectivity index (χ4n) is 2.74. The van der Waals surface area contributed by atoms with E-state index in [4.69, 9.17) is 16.3 Å². The first kappa shape index (κ1) is 22.0. The number of hydrazone groups is 1. The minimum absolute atomic E-state index is 0.256. The number of carbonyl (C=O) groups excluding carboxylic acids is 2. The minimum Gasteiger partial charge on any atom is -0.496 e. The van der Waals surface area contributed by atoms with Crippen LogP contribution in [0.25, 0.3) is 0 Å². The molecule has 158 valence electrons. The van der Waals surface area contributed by atoms with Crippen molar-refractivity contribution in [3.05, 3.63) is 94.3 Å². The molecule has 3 aromatic rings. The molecule has 0 saturated carbocycles. The molecular weight excluding hydrogens is 421 g/mol. The Morgan fingerprint density at radius 3 is 2.42 bits per heavy atom. The molecule has 3 rings (SSSR count). The number of carbonyl (C=O) groups is 2. The van der Waals surface area contributed by atoms with Crippen LogP contribution in [0.1, 0.15) is 33.2 Å². The molecule has 2 amide bonds. The Morgan fingerprint density at radius 2 is 1.71 bits per heavy atom. The molecule has 0 aliphatic heterocycles. The van der Waals surface area contributed by atoms with Crippen LogP contribution in [-0.4, -0.2) is 24.6 Å². The van der Waals surface area contributed by atoms with Crippen LogP contribution in [0.4, 0.5) is 10.1 Å². The van der Waals surface area contributed by atoms with Crippen molar-refractivity contribution in [2.45, 2.75) is 6.92 Å². The van der Waals surface area contributed by atoms with Crippen molar-refractivity contribution in [3.63, 3.8) is 0 Å². The first-order chi connectivity index (χ1) is 14.9. The summed E-state index contributed by atoms with van der Waals surface area (Å²) in [5, 5.41) is 7.28. The predicted molar refractivity (Wildman–Crippen MR) is 118 cm³/mol. The van der Waals surface area contributed by atoms with Crippen molar-refractivity contribution < 1.29 is 18.7 Å². The molecule has 0 unspecified atom stereocenters. The van der Waals surface area contributed by atoms with Gasteiger partial charge in [-0.3, -0.25) is 9.59 Å². The fraction of sp³-hybridized carbons (Fsp3) is 0.0870. The quantitative estimate of drug-likeness (QED) is 0.423. The van der Waals surface area contributed by atoms with E-state index in [0.717, 1.165) is 0 Å². The molecule has 0 saturated heterocycles. The normalized spacial score (nSPS) is 11.0. The van der Waals surface area contributed by atoms with Gasteiger partial charge >= 0.3 is 0 Å². The monoisotopic (exact) mass is 439 g/mol. The molecule has 8 heteroatoms. The molecule has 2 N–H and O–H groups in total. The summed E-state index contributed by atoms with van der Waals surface area (Å²) in [4.78, 5) is 24.8. The highest BCUT2D eigenvalue weighted by Crippen LogP contribution is 2.22. The highest BCUT2D eigenvalue weighted by Gasteiger charge is 2.13. The van der Waals surface area contributed by atoms with Gasteiger partial charge in [0.25, 0.3) is 11.8 Å². The molecule has 0 radical (unpaired) electrons. The smallest absolute Gasteiger partial charge is 0.275 e. The van der Waals surface area contributed by atoms with Crippen molar-refractivity contribution in [3.8, 4) is 5.75 Å². The first-order valence-electron chi connectivity index (χ1n) is 9.23. The van der Waals surface area contributed by atoms with Gasteiger partial charge in [0.2, 0.25) is 0 Å². The van der Waals surface area contributed by atoms with Crippen molar-refractivity contribution >= 4 is 34.8 Å². The minimum atomic E-state index is -0.473. The highest BCUT2D eigenvalue weighted by atomic mass is 35.5. The summed E-state index contributed by atoms with van der Waals surface area (Å²) in [5.41, 5.74) is 4.81. The number of hydrogen-bond donors (Lipinski definition) is 2. The molecule has 31 heavy (non-hydrogen) atoms. The second-order valence-electron chi connectivity index (χ2n) is 6.52.